The monoisotopic (exact) mass is 196 g/mol. The van der Waals surface area contributed by atoms with Crippen molar-refractivity contribution in [2.24, 2.45) is 23.7 Å². The van der Waals surface area contributed by atoms with Gasteiger partial charge in [0.25, 0.3) is 0 Å². The summed E-state index contributed by atoms with van der Waals surface area (Å²) in [7, 11) is 1.34. The fraction of sp³-hybridized carbons (Fsp3) is 0.600. The molecule has 2 aliphatic carbocycles. The fourth-order valence-corrected chi connectivity index (χ4v) is 2.59. The van der Waals surface area contributed by atoms with E-state index < -0.39 is 11.9 Å². The lowest BCUT2D eigenvalue weighted by atomic mass is 9.91. The van der Waals surface area contributed by atoms with E-state index in [0.717, 1.165) is 0 Å². The van der Waals surface area contributed by atoms with Crippen molar-refractivity contribution in [1.82, 2.24) is 0 Å². The van der Waals surface area contributed by atoms with Crippen LogP contribution in [0.3, 0.4) is 0 Å². The summed E-state index contributed by atoms with van der Waals surface area (Å²) in [6.45, 7) is 0. The van der Waals surface area contributed by atoms with E-state index in [1.165, 1.54) is 7.11 Å². The first-order valence-corrected chi connectivity index (χ1v) is 4.64. The molecule has 2 rings (SSSR count). The lowest BCUT2D eigenvalue weighted by Gasteiger charge is -2.14. The molecule has 0 aliphatic heterocycles. The summed E-state index contributed by atoms with van der Waals surface area (Å²) < 4.78 is 4.67. The highest BCUT2D eigenvalue weighted by molar-refractivity contribution is 5.79. The van der Waals surface area contributed by atoms with Gasteiger partial charge in [-0.2, -0.15) is 0 Å². The zero-order chi connectivity index (χ0) is 10.3. The molecule has 1 saturated carbocycles. The van der Waals surface area contributed by atoms with Crippen LogP contribution in [-0.2, 0) is 14.3 Å². The molecule has 1 fully saturated rings. The quantitative estimate of drug-likeness (QED) is 0.521. The molecular formula is C10H12O4. The second-order valence-corrected chi connectivity index (χ2v) is 3.86. The number of ether oxygens (including phenoxy) is 1. The fourth-order valence-electron chi connectivity index (χ4n) is 2.59. The molecule has 0 radical (unpaired) electrons. The summed E-state index contributed by atoms with van der Waals surface area (Å²) in [5.41, 5.74) is 0. The standard InChI is InChI=1S/C10H12O4/c1-14-10(13)8-5-2-3-6(8)7(4-5)9(11)12/h2-3,5-8H,4H2,1H3,(H,11,12). The van der Waals surface area contributed by atoms with Crippen LogP contribution in [0.4, 0.5) is 0 Å². The Morgan fingerprint density at radius 3 is 2.64 bits per heavy atom. The molecule has 0 aromatic carbocycles. The van der Waals surface area contributed by atoms with Gasteiger partial charge in [0, 0.05) is 5.92 Å². The van der Waals surface area contributed by atoms with Gasteiger partial charge in [-0.3, -0.25) is 9.59 Å². The van der Waals surface area contributed by atoms with Crippen molar-refractivity contribution < 1.29 is 19.4 Å². The van der Waals surface area contributed by atoms with Gasteiger partial charge >= 0.3 is 11.9 Å². The number of methoxy groups -OCH3 is 1. The molecule has 1 N–H and O–H groups in total. The molecule has 0 aromatic rings. The van der Waals surface area contributed by atoms with Crippen molar-refractivity contribution >= 4 is 11.9 Å². The first-order chi connectivity index (χ1) is 6.65. The lowest BCUT2D eigenvalue weighted by molar-refractivity contribution is -0.147. The second kappa shape index (κ2) is 3.12. The Kier molecular flexibility index (Phi) is 2.06. The highest BCUT2D eigenvalue weighted by atomic mass is 16.5. The van der Waals surface area contributed by atoms with Gasteiger partial charge in [-0.1, -0.05) is 12.2 Å². The van der Waals surface area contributed by atoms with E-state index in [1.54, 1.807) is 0 Å². The van der Waals surface area contributed by atoms with E-state index in [0.29, 0.717) is 6.42 Å². The maximum atomic E-state index is 11.4. The van der Waals surface area contributed by atoms with Gasteiger partial charge in [-0.05, 0) is 12.3 Å². The van der Waals surface area contributed by atoms with Crippen LogP contribution < -0.4 is 0 Å². The van der Waals surface area contributed by atoms with Gasteiger partial charge in [0.2, 0.25) is 0 Å². The number of aliphatic carboxylic acids is 1. The Labute approximate surface area is 81.6 Å². The molecule has 4 nitrogen and oxygen atoms in total. The number of fused-ring (bicyclic) bond motifs is 2. The third-order valence-electron chi connectivity index (χ3n) is 3.24. The number of allylic oxidation sites excluding steroid dienone is 2. The van der Waals surface area contributed by atoms with Gasteiger partial charge in [0.1, 0.15) is 0 Å². The van der Waals surface area contributed by atoms with Gasteiger partial charge in [0.15, 0.2) is 0 Å². The highest BCUT2D eigenvalue weighted by Gasteiger charge is 2.51. The second-order valence-electron chi connectivity index (χ2n) is 3.86. The van der Waals surface area contributed by atoms with E-state index in [9.17, 15) is 9.59 Å². The maximum Gasteiger partial charge on any atom is 0.309 e. The average molecular weight is 196 g/mol. The molecule has 0 heterocycles. The van der Waals surface area contributed by atoms with E-state index >= 15 is 0 Å². The van der Waals surface area contributed by atoms with Crippen LogP contribution in [-0.4, -0.2) is 24.2 Å². The first-order valence-electron chi connectivity index (χ1n) is 4.64. The third kappa shape index (κ3) is 1.14. The van der Waals surface area contributed by atoms with Gasteiger partial charge < -0.3 is 9.84 Å². The Bertz CT molecular complexity index is 307. The van der Waals surface area contributed by atoms with Crippen molar-refractivity contribution in [1.29, 1.82) is 0 Å². The maximum absolute atomic E-state index is 11.4. The van der Waals surface area contributed by atoms with Crippen LogP contribution in [0.15, 0.2) is 12.2 Å². The highest BCUT2D eigenvalue weighted by Crippen LogP contribution is 2.48. The molecule has 4 unspecified atom stereocenters. The molecule has 0 saturated heterocycles. The molecule has 0 aromatic heterocycles. The zero-order valence-corrected chi connectivity index (χ0v) is 7.84. The number of hydrogen-bond acceptors (Lipinski definition) is 3. The summed E-state index contributed by atoms with van der Waals surface area (Å²) in [6, 6.07) is 0. The van der Waals surface area contributed by atoms with Crippen LogP contribution in [0.2, 0.25) is 0 Å². The Morgan fingerprint density at radius 2 is 2.14 bits per heavy atom. The number of carbonyl (C=O) groups is 2. The zero-order valence-electron chi connectivity index (χ0n) is 7.84. The summed E-state index contributed by atoms with van der Waals surface area (Å²) in [5, 5.41) is 8.92. The molecule has 2 bridgehead atoms. The third-order valence-corrected chi connectivity index (χ3v) is 3.24. The SMILES string of the molecule is COC(=O)C1C2C=CC1C(C(=O)O)C2. The van der Waals surface area contributed by atoms with E-state index in [4.69, 9.17) is 5.11 Å². The topological polar surface area (TPSA) is 63.6 Å². The summed E-state index contributed by atoms with van der Waals surface area (Å²) >= 11 is 0. The number of carboxylic acid groups (broad SMARTS) is 1. The van der Waals surface area contributed by atoms with E-state index in [-0.39, 0.29) is 23.7 Å². The Morgan fingerprint density at radius 1 is 1.43 bits per heavy atom. The Balaban J connectivity index is 2.19. The first kappa shape index (κ1) is 9.24. The van der Waals surface area contributed by atoms with Crippen LogP contribution in [0, 0.1) is 23.7 Å². The Hall–Kier alpha value is -1.32. The van der Waals surface area contributed by atoms with Crippen LogP contribution in [0.1, 0.15) is 6.42 Å². The molecule has 0 amide bonds. The van der Waals surface area contributed by atoms with E-state index in [2.05, 4.69) is 4.74 Å². The van der Waals surface area contributed by atoms with Crippen LogP contribution in [0.5, 0.6) is 0 Å². The van der Waals surface area contributed by atoms with Crippen molar-refractivity contribution in [2.75, 3.05) is 7.11 Å². The van der Waals surface area contributed by atoms with Gasteiger partial charge in [-0.15, -0.1) is 0 Å². The molecule has 0 spiro atoms. The molecular weight excluding hydrogens is 184 g/mol. The minimum atomic E-state index is -0.809. The normalized spacial score (nSPS) is 38.6. The molecule has 4 atom stereocenters. The average Bonchev–Trinajstić information content (AvgIpc) is 2.73. The van der Waals surface area contributed by atoms with Crippen LogP contribution in [0.25, 0.3) is 0 Å². The van der Waals surface area contributed by atoms with Gasteiger partial charge in [0.05, 0.1) is 18.9 Å². The van der Waals surface area contributed by atoms with Crippen molar-refractivity contribution in [3.8, 4) is 0 Å². The summed E-state index contributed by atoms with van der Waals surface area (Å²) in [5.74, 6) is -1.86. The lowest BCUT2D eigenvalue weighted by Crippen LogP contribution is -2.25. The minimum Gasteiger partial charge on any atom is -0.481 e. The van der Waals surface area contributed by atoms with Crippen molar-refractivity contribution in [3.05, 3.63) is 12.2 Å². The van der Waals surface area contributed by atoms with Crippen molar-refractivity contribution in [3.63, 3.8) is 0 Å². The summed E-state index contributed by atoms with van der Waals surface area (Å²) in [4.78, 5) is 22.2. The number of carbonyl (C=O) groups excluding carboxylic acids is 1. The predicted molar refractivity (Wildman–Crippen MR) is 47.4 cm³/mol. The largest absolute Gasteiger partial charge is 0.481 e. The van der Waals surface area contributed by atoms with Crippen molar-refractivity contribution in [2.45, 2.75) is 6.42 Å². The number of carboxylic acids is 1. The number of esters is 1. The number of hydrogen-bond donors (Lipinski definition) is 1. The van der Waals surface area contributed by atoms with Gasteiger partial charge in [-0.25, -0.2) is 0 Å². The van der Waals surface area contributed by atoms with E-state index in [1.807, 2.05) is 12.2 Å². The molecule has 4 heteroatoms. The smallest absolute Gasteiger partial charge is 0.309 e. The minimum absolute atomic E-state index is 0.0635. The van der Waals surface area contributed by atoms with Crippen LogP contribution >= 0.6 is 0 Å². The number of rotatable bonds is 2. The summed E-state index contributed by atoms with van der Waals surface area (Å²) in [6.07, 6.45) is 4.34. The molecule has 14 heavy (non-hydrogen) atoms. The molecule has 76 valence electrons. The molecule has 2 aliphatic rings. The predicted octanol–water partition coefficient (Wildman–Crippen LogP) is 0.682.